The van der Waals surface area contributed by atoms with Gasteiger partial charge in [-0.3, -0.25) is 0 Å². The van der Waals surface area contributed by atoms with Gasteiger partial charge in [0.25, 0.3) is 0 Å². The van der Waals surface area contributed by atoms with Crippen molar-refractivity contribution in [2.24, 2.45) is 16.5 Å². The summed E-state index contributed by atoms with van der Waals surface area (Å²) in [7, 11) is 0. The molecule has 0 unspecified atom stereocenters. The van der Waals surface area contributed by atoms with E-state index in [1.165, 1.54) is 5.56 Å². The molecule has 0 saturated heterocycles. The molecule has 2 aromatic carbocycles. The van der Waals surface area contributed by atoms with Crippen molar-refractivity contribution in [1.29, 1.82) is 0 Å². The van der Waals surface area contributed by atoms with Gasteiger partial charge in [0.1, 0.15) is 0 Å². The summed E-state index contributed by atoms with van der Waals surface area (Å²) in [6, 6.07) is 15.6. The minimum absolute atomic E-state index is 0.0690. The highest BCUT2D eigenvalue weighted by atomic mass is 35.5. The maximum atomic E-state index is 5.86. The molecule has 0 fully saturated rings. The van der Waals surface area contributed by atoms with Gasteiger partial charge in [-0.25, -0.2) is 4.99 Å². The van der Waals surface area contributed by atoms with Crippen molar-refractivity contribution in [3.05, 3.63) is 59.1 Å². The Bertz CT molecular complexity index is 577. The van der Waals surface area contributed by atoms with E-state index in [1.807, 2.05) is 48.5 Å². The van der Waals surface area contributed by atoms with Crippen LogP contribution in [0.15, 0.2) is 58.4 Å². The molecule has 0 heterocycles. The molecule has 0 aliphatic heterocycles. The highest BCUT2D eigenvalue weighted by molar-refractivity contribution is 7.98. The van der Waals surface area contributed by atoms with Crippen LogP contribution in [-0.4, -0.2) is 5.96 Å². The maximum Gasteiger partial charge on any atom is 0.191 e. The van der Waals surface area contributed by atoms with Crippen molar-refractivity contribution in [3.8, 4) is 0 Å². The zero-order chi connectivity index (χ0) is 13.7. The number of benzene rings is 2. The highest BCUT2D eigenvalue weighted by Crippen LogP contribution is 2.31. The van der Waals surface area contributed by atoms with Crippen molar-refractivity contribution in [2.45, 2.75) is 10.6 Å². The number of nitrogens with two attached hydrogens (primary N) is 2. The standard InChI is InChI=1S/C14H14ClN3S/c15-11-7-5-10(6-8-11)9-19-13-4-2-1-3-12(13)18-14(16)17/h1-8H,9H2,(H4,16,17,18). The smallest absolute Gasteiger partial charge is 0.191 e. The summed E-state index contributed by atoms with van der Waals surface area (Å²) in [6.45, 7) is 0. The fourth-order valence-electron chi connectivity index (χ4n) is 1.55. The van der Waals surface area contributed by atoms with E-state index < -0.39 is 0 Å². The lowest BCUT2D eigenvalue weighted by Crippen LogP contribution is -2.21. The van der Waals surface area contributed by atoms with Crippen molar-refractivity contribution < 1.29 is 0 Å². The van der Waals surface area contributed by atoms with Crippen molar-refractivity contribution >= 4 is 35.0 Å². The molecule has 98 valence electrons. The van der Waals surface area contributed by atoms with Gasteiger partial charge >= 0.3 is 0 Å². The SMILES string of the molecule is NC(N)=Nc1ccccc1SCc1ccc(Cl)cc1. The second-order valence-corrected chi connectivity index (χ2v) is 5.37. The van der Waals surface area contributed by atoms with Gasteiger partial charge in [0.05, 0.1) is 5.69 Å². The summed E-state index contributed by atoms with van der Waals surface area (Å²) in [5.41, 5.74) is 12.8. The van der Waals surface area contributed by atoms with Crippen LogP contribution in [0.2, 0.25) is 5.02 Å². The number of nitrogens with zero attached hydrogens (tertiary/aromatic N) is 1. The zero-order valence-corrected chi connectivity index (χ0v) is 11.8. The summed E-state index contributed by atoms with van der Waals surface area (Å²) in [5.74, 6) is 0.910. The Balaban J connectivity index is 2.11. The third-order valence-corrected chi connectivity index (χ3v) is 3.81. The van der Waals surface area contributed by atoms with Gasteiger partial charge in [-0.2, -0.15) is 0 Å². The van der Waals surface area contributed by atoms with Crippen molar-refractivity contribution in [2.75, 3.05) is 0 Å². The first-order chi connectivity index (χ1) is 9.15. The molecule has 4 N–H and O–H groups in total. The van der Waals surface area contributed by atoms with Crippen LogP contribution in [0.25, 0.3) is 0 Å². The van der Waals surface area contributed by atoms with Crippen LogP contribution in [0.1, 0.15) is 5.56 Å². The first kappa shape index (κ1) is 13.8. The van der Waals surface area contributed by atoms with E-state index >= 15 is 0 Å². The minimum Gasteiger partial charge on any atom is -0.370 e. The number of aliphatic imine (C=N–C) groups is 1. The molecule has 2 rings (SSSR count). The molecular formula is C14H14ClN3S. The molecule has 0 aliphatic rings. The molecule has 0 bridgehead atoms. The first-order valence-corrected chi connectivity index (χ1v) is 7.07. The number of thioether (sulfide) groups is 1. The van der Waals surface area contributed by atoms with E-state index in [2.05, 4.69) is 4.99 Å². The summed E-state index contributed by atoms with van der Waals surface area (Å²) >= 11 is 7.55. The largest absolute Gasteiger partial charge is 0.370 e. The Morgan fingerprint density at radius 1 is 1.05 bits per heavy atom. The van der Waals surface area contributed by atoms with Gasteiger partial charge in [0, 0.05) is 15.7 Å². The Morgan fingerprint density at radius 2 is 1.74 bits per heavy atom. The number of rotatable bonds is 4. The number of guanidine groups is 1. The second-order valence-electron chi connectivity index (χ2n) is 3.92. The van der Waals surface area contributed by atoms with Gasteiger partial charge in [-0.15, -0.1) is 11.8 Å². The Labute approximate surface area is 121 Å². The van der Waals surface area contributed by atoms with Crippen LogP contribution in [0.4, 0.5) is 5.69 Å². The van der Waals surface area contributed by atoms with Gasteiger partial charge in [0.2, 0.25) is 0 Å². The molecule has 0 radical (unpaired) electrons. The summed E-state index contributed by atoms with van der Waals surface area (Å²) in [4.78, 5) is 5.16. The normalized spacial score (nSPS) is 10.2. The van der Waals surface area contributed by atoms with Crippen LogP contribution in [0, 0.1) is 0 Å². The number of hydrogen-bond acceptors (Lipinski definition) is 2. The quantitative estimate of drug-likeness (QED) is 0.514. The lowest BCUT2D eigenvalue weighted by Gasteiger charge is -2.06. The van der Waals surface area contributed by atoms with Crippen LogP contribution in [-0.2, 0) is 5.75 Å². The van der Waals surface area contributed by atoms with Crippen LogP contribution < -0.4 is 11.5 Å². The average Bonchev–Trinajstić information content (AvgIpc) is 2.39. The molecule has 0 atom stereocenters. The van der Waals surface area contributed by atoms with Gasteiger partial charge < -0.3 is 11.5 Å². The topological polar surface area (TPSA) is 64.4 Å². The monoisotopic (exact) mass is 291 g/mol. The van der Waals surface area contributed by atoms with E-state index in [1.54, 1.807) is 11.8 Å². The number of halogens is 1. The molecule has 0 aromatic heterocycles. The molecular weight excluding hydrogens is 278 g/mol. The van der Waals surface area contributed by atoms with Crippen molar-refractivity contribution in [3.63, 3.8) is 0 Å². The molecule has 0 amide bonds. The molecule has 5 heteroatoms. The lowest BCUT2D eigenvalue weighted by molar-refractivity contribution is 1.32. The van der Waals surface area contributed by atoms with Crippen LogP contribution in [0.5, 0.6) is 0 Å². The minimum atomic E-state index is 0.0690. The fraction of sp³-hybridized carbons (Fsp3) is 0.0714. The van der Waals surface area contributed by atoms with Crippen LogP contribution in [0.3, 0.4) is 0 Å². The number of para-hydroxylation sites is 1. The third kappa shape index (κ3) is 4.19. The number of hydrogen-bond donors (Lipinski definition) is 2. The Kier molecular flexibility index (Phi) is 4.71. The van der Waals surface area contributed by atoms with Gasteiger partial charge in [0.15, 0.2) is 5.96 Å². The molecule has 0 aliphatic carbocycles. The molecule has 0 spiro atoms. The lowest BCUT2D eigenvalue weighted by atomic mass is 10.2. The Morgan fingerprint density at radius 3 is 2.42 bits per heavy atom. The van der Waals surface area contributed by atoms with Gasteiger partial charge in [-0.1, -0.05) is 35.9 Å². The zero-order valence-electron chi connectivity index (χ0n) is 10.2. The second kappa shape index (κ2) is 6.50. The third-order valence-electron chi connectivity index (χ3n) is 2.42. The summed E-state index contributed by atoms with van der Waals surface area (Å²) in [6.07, 6.45) is 0. The van der Waals surface area contributed by atoms with Crippen LogP contribution >= 0.6 is 23.4 Å². The summed E-state index contributed by atoms with van der Waals surface area (Å²) in [5, 5.41) is 0.745. The molecule has 19 heavy (non-hydrogen) atoms. The fourth-order valence-corrected chi connectivity index (χ4v) is 2.63. The van der Waals surface area contributed by atoms with E-state index in [-0.39, 0.29) is 5.96 Å². The average molecular weight is 292 g/mol. The summed E-state index contributed by atoms with van der Waals surface area (Å²) < 4.78 is 0. The molecule has 0 saturated carbocycles. The molecule has 2 aromatic rings. The van der Waals surface area contributed by atoms with Crippen molar-refractivity contribution in [1.82, 2.24) is 0 Å². The van der Waals surface area contributed by atoms with E-state index in [9.17, 15) is 0 Å². The van der Waals surface area contributed by atoms with E-state index in [0.29, 0.717) is 0 Å². The van der Waals surface area contributed by atoms with Gasteiger partial charge in [-0.05, 0) is 29.8 Å². The Hall–Kier alpha value is -1.65. The maximum absolute atomic E-state index is 5.86. The predicted molar refractivity (Wildman–Crippen MR) is 82.9 cm³/mol. The first-order valence-electron chi connectivity index (χ1n) is 5.71. The van der Waals surface area contributed by atoms with E-state index in [4.69, 9.17) is 23.1 Å². The molecule has 3 nitrogen and oxygen atoms in total. The van der Waals surface area contributed by atoms with E-state index in [0.717, 1.165) is 21.4 Å². The highest BCUT2D eigenvalue weighted by Gasteiger charge is 2.02. The predicted octanol–water partition coefficient (Wildman–Crippen LogP) is 3.54.